The lowest BCUT2D eigenvalue weighted by Gasteiger charge is -2.51. The summed E-state index contributed by atoms with van der Waals surface area (Å²) in [4.78, 5) is 12.4. The zero-order valence-corrected chi connectivity index (χ0v) is 21.5. The van der Waals surface area contributed by atoms with E-state index < -0.39 is 10.0 Å². The van der Waals surface area contributed by atoms with Crippen LogP contribution >= 0.6 is 0 Å². The van der Waals surface area contributed by atoms with Gasteiger partial charge in [-0.2, -0.15) is 4.31 Å². The Morgan fingerprint density at radius 1 is 1.17 bits per heavy atom. The van der Waals surface area contributed by atoms with Gasteiger partial charge in [0.25, 0.3) is 0 Å². The van der Waals surface area contributed by atoms with Crippen LogP contribution in [0.3, 0.4) is 0 Å². The number of ether oxygens (including phenoxy) is 1. The van der Waals surface area contributed by atoms with Crippen molar-refractivity contribution in [3.63, 3.8) is 0 Å². The largest absolute Gasteiger partial charge is 0.463 e. The molecule has 2 atom stereocenters. The molecule has 1 saturated heterocycles. The molecule has 1 heterocycles. The molecular weight excluding hydrogens is 458 g/mol. The number of rotatable bonds is 7. The van der Waals surface area contributed by atoms with E-state index in [0.717, 1.165) is 48.8 Å². The lowest BCUT2D eigenvalue weighted by molar-refractivity contribution is -0.137. The van der Waals surface area contributed by atoms with Crippen molar-refractivity contribution in [2.45, 2.75) is 50.8 Å². The summed E-state index contributed by atoms with van der Waals surface area (Å²) in [5.41, 5.74) is 4.02. The Bertz CT molecular complexity index is 1200. The minimum absolute atomic E-state index is 0.170. The molecule has 6 heteroatoms. The van der Waals surface area contributed by atoms with E-state index in [1.165, 1.54) is 5.56 Å². The van der Waals surface area contributed by atoms with Gasteiger partial charge in [-0.25, -0.2) is 13.2 Å². The molecule has 0 unspecified atom stereocenters. The number of piperidine rings is 1. The van der Waals surface area contributed by atoms with Crippen LogP contribution in [0.15, 0.2) is 77.7 Å². The van der Waals surface area contributed by atoms with Crippen LogP contribution in [-0.2, 0) is 26.0 Å². The predicted octanol–water partition coefficient (Wildman–Crippen LogP) is 5.63. The summed E-state index contributed by atoms with van der Waals surface area (Å²) in [6.07, 6.45) is 5.69. The zero-order chi connectivity index (χ0) is 25.1. The topological polar surface area (TPSA) is 63.7 Å². The first kappa shape index (κ1) is 25.4. The third-order valence-electron chi connectivity index (χ3n) is 7.53. The number of carbonyl (C=O) groups is 1. The summed E-state index contributed by atoms with van der Waals surface area (Å²) >= 11 is 0. The molecule has 1 aliphatic carbocycles. The highest BCUT2D eigenvalue weighted by Gasteiger charge is 2.48. The molecule has 2 fully saturated rings. The number of hydrogen-bond acceptors (Lipinski definition) is 4. The fourth-order valence-electron chi connectivity index (χ4n) is 5.63. The highest BCUT2D eigenvalue weighted by atomic mass is 32.2. The first-order chi connectivity index (χ1) is 16.7. The van der Waals surface area contributed by atoms with Crippen LogP contribution in [0.4, 0.5) is 0 Å². The summed E-state index contributed by atoms with van der Waals surface area (Å²) < 4.78 is 34.1. The fraction of sp³-hybridized carbons (Fsp3) is 0.414. The second-order valence-corrected chi connectivity index (χ2v) is 11.9. The van der Waals surface area contributed by atoms with Gasteiger partial charge in [0.2, 0.25) is 10.0 Å². The molecule has 0 amide bonds. The molecule has 2 aromatic rings. The number of esters is 1. The Hall–Kier alpha value is -2.70. The molecule has 0 spiro atoms. The van der Waals surface area contributed by atoms with Crippen LogP contribution in [0.5, 0.6) is 0 Å². The Labute approximate surface area is 209 Å². The SMILES string of the molecule is C=C(C)c1ccc(S(=O)(=O)N2CC[C@H]3CC(=CC(=O)OCC)CC[C@]3(Cc3ccccc3)C2)cc1. The standard InChI is InChI=1S/C29H35NO4S/c1-4-34-28(31)19-24-14-16-29(20-23-8-6-5-7-9-23)21-30(17-15-26(29)18-24)35(32,33)27-12-10-25(11-13-27)22(2)3/h5-13,19,26H,2,4,14-18,20-21H2,1,3H3/t26-,29-/m0/s1. The van der Waals surface area contributed by atoms with Crippen molar-refractivity contribution in [3.8, 4) is 0 Å². The number of fused-ring (bicyclic) bond motifs is 1. The normalized spacial score (nSPS) is 24.1. The van der Waals surface area contributed by atoms with E-state index >= 15 is 0 Å². The van der Waals surface area contributed by atoms with E-state index in [1.54, 1.807) is 22.5 Å². The molecule has 5 nitrogen and oxygen atoms in total. The highest BCUT2D eigenvalue weighted by Crippen LogP contribution is 2.50. The van der Waals surface area contributed by atoms with Crippen LogP contribution in [0.2, 0.25) is 0 Å². The molecule has 2 aliphatic rings. The van der Waals surface area contributed by atoms with Crippen molar-refractivity contribution in [1.82, 2.24) is 4.31 Å². The fourth-order valence-corrected chi connectivity index (χ4v) is 7.18. The second-order valence-electron chi connectivity index (χ2n) is 9.91. The minimum Gasteiger partial charge on any atom is -0.463 e. The summed E-state index contributed by atoms with van der Waals surface area (Å²) in [5.74, 6) is 0.0330. The lowest BCUT2D eigenvalue weighted by Crippen LogP contribution is -2.53. The monoisotopic (exact) mass is 493 g/mol. The van der Waals surface area contributed by atoms with Gasteiger partial charge in [-0.1, -0.05) is 60.2 Å². The Balaban J connectivity index is 1.62. The van der Waals surface area contributed by atoms with Crippen molar-refractivity contribution in [2.24, 2.45) is 11.3 Å². The van der Waals surface area contributed by atoms with Crippen molar-refractivity contribution >= 4 is 21.6 Å². The minimum atomic E-state index is -3.61. The molecule has 0 aromatic heterocycles. The van der Waals surface area contributed by atoms with E-state index in [1.807, 2.05) is 44.2 Å². The van der Waals surface area contributed by atoms with Gasteiger partial charge in [-0.15, -0.1) is 0 Å². The smallest absolute Gasteiger partial charge is 0.330 e. The van der Waals surface area contributed by atoms with Gasteiger partial charge < -0.3 is 4.74 Å². The van der Waals surface area contributed by atoms with Gasteiger partial charge in [0.15, 0.2) is 0 Å². The number of nitrogens with zero attached hydrogens (tertiary/aromatic N) is 1. The van der Waals surface area contributed by atoms with Crippen molar-refractivity contribution in [1.29, 1.82) is 0 Å². The third-order valence-corrected chi connectivity index (χ3v) is 9.39. The molecule has 35 heavy (non-hydrogen) atoms. The second kappa shape index (κ2) is 10.5. The summed E-state index contributed by atoms with van der Waals surface area (Å²) in [5, 5.41) is 0. The van der Waals surface area contributed by atoms with Crippen molar-refractivity contribution in [3.05, 3.63) is 84.0 Å². The van der Waals surface area contributed by atoms with Gasteiger partial charge >= 0.3 is 5.97 Å². The van der Waals surface area contributed by atoms with E-state index in [0.29, 0.717) is 30.5 Å². The van der Waals surface area contributed by atoms with E-state index in [-0.39, 0.29) is 11.4 Å². The number of benzene rings is 2. The maximum atomic E-state index is 13.7. The van der Waals surface area contributed by atoms with Gasteiger partial charge in [0, 0.05) is 19.2 Å². The van der Waals surface area contributed by atoms with Gasteiger partial charge in [-0.3, -0.25) is 0 Å². The quantitative estimate of drug-likeness (QED) is 0.370. The molecule has 186 valence electrons. The zero-order valence-electron chi connectivity index (χ0n) is 20.7. The maximum Gasteiger partial charge on any atom is 0.330 e. The van der Waals surface area contributed by atoms with E-state index in [2.05, 4.69) is 18.7 Å². The summed E-state index contributed by atoms with van der Waals surface area (Å²) in [6.45, 7) is 9.00. The van der Waals surface area contributed by atoms with Crippen molar-refractivity contribution in [2.75, 3.05) is 19.7 Å². The Kier molecular flexibility index (Phi) is 7.62. The number of allylic oxidation sites excluding steroid dienone is 2. The Morgan fingerprint density at radius 2 is 1.89 bits per heavy atom. The van der Waals surface area contributed by atoms with E-state index in [9.17, 15) is 13.2 Å². The van der Waals surface area contributed by atoms with Gasteiger partial charge in [0.1, 0.15) is 0 Å². The predicted molar refractivity (Wildman–Crippen MR) is 139 cm³/mol. The van der Waals surface area contributed by atoms with Crippen LogP contribution in [-0.4, -0.2) is 38.4 Å². The number of sulfonamides is 1. The summed E-state index contributed by atoms with van der Waals surface area (Å²) in [7, 11) is -3.61. The average Bonchev–Trinajstić information content (AvgIpc) is 2.84. The van der Waals surface area contributed by atoms with Crippen molar-refractivity contribution < 1.29 is 17.9 Å². The highest BCUT2D eigenvalue weighted by molar-refractivity contribution is 7.89. The first-order valence-electron chi connectivity index (χ1n) is 12.4. The molecule has 4 rings (SSSR count). The van der Waals surface area contributed by atoms with Crippen LogP contribution in [0.1, 0.15) is 50.7 Å². The maximum absolute atomic E-state index is 13.7. The summed E-state index contributed by atoms with van der Waals surface area (Å²) in [6, 6.07) is 17.4. The number of hydrogen-bond donors (Lipinski definition) is 0. The van der Waals surface area contributed by atoms with Crippen LogP contribution in [0, 0.1) is 11.3 Å². The molecule has 1 aliphatic heterocycles. The number of carbonyl (C=O) groups excluding carboxylic acids is 1. The molecular formula is C29H35NO4S. The molecule has 0 N–H and O–H groups in total. The van der Waals surface area contributed by atoms with Gasteiger partial charge in [-0.05, 0) is 80.5 Å². The molecule has 0 bridgehead atoms. The van der Waals surface area contributed by atoms with E-state index in [4.69, 9.17) is 4.74 Å². The first-order valence-corrected chi connectivity index (χ1v) is 13.8. The average molecular weight is 494 g/mol. The Morgan fingerprint density at radius 3 is 2.54 bits per heavy atom. The van der Waals surface area contributed by atoms with Gasteiger partial charge in [0.05, 0.1) is 11.5 Å². The third kappa shape index (κ3) is 5.60. The molecule has 2 aromatic carbocycles. The molecule has 1 saturated carbocycles. The van der Waals surface area contributed by atoms with Crippen LogP contribution < -0.4 is 0 Å². The van der Waals surface area contributed by atoms with Crippen LogP contribution in [0.25, 0.3) is 5.57 Å². The molecule has 0 radical (unpaired) electrons. The lowest BCUT2D eigenvalue weighted by atomic mass is 9.59.